The van der Waals surface area contributed by atoms with Crippen molar-refractivity contribution in [3.05, 3.63) is 41.2 Å². The van der Waals surface area contributed by atoms with Gasteiger partial charge in [0, 0.05) is 17.2 Å². The molecule has 110 valence electrons. The Morgan fingerprint density at radius 1 is 0.955 bits per heavy atom. The first kappa shape index (κ1) is 11.9. The van der Waals surface area contributed by atoms with Crippen LogP contribution in [0, 0.1) is 0 Å². The van der Waals surface area contributed by atoms with Crippen LogP contribution >= 0.6 is 0 Å². The van der Waals surface area contributed by atoms with Crippen LogP contribution in [0.25, 0.3) is 0 Å². The number of carbonyl (C=O) groups excluding carboxylic acids is 2. The second kappa shape index (κ2) is 3.91. The molecule has 22 heavy (non-hydrogen) atoms. The van der Waals surface area contributed by atoms with E-state index in [4.69, 9.17) is 18.9 Å². The monoisotopic (exact) mass is 298 g/mol. The van der Waals surface area contributed by atoms with Crippen LogP contribution in [-0.2, 0) is 14.3 Å². The molecule has 5 rings (SSSR count). The maximum Gasteiger partial charge on any atom is 0.267 e. The smallest absolute Gasteiger partial charge is 0.267 e. The van der Waals surface area contributed by atoms with E-state index in [1.54, 1.807) is 12.1 Å². The van der Waals surface area contributed by atoms with E-state index in [-0.39, 0.29) is 24.6 Å². The average Bonchev–Trinajstić information content (AvgIpc) is 3.11. The van der Waals surface area contributed by atoms with Gasteiger partial charge in [0.1, 0.15) is 11.9 Å². The minimum absolute atomic E-state index is 0.0334. The lowest BCUT2D eigenvalue weighted by Gasteiger charge is -2.29. The van der Waals surface area contributed by atoms with Crippen molar-refractivity contribution in [2.75, 3.05) is 13.4 Å². The molecule has 4 aliphatic rings. The number of hydrogen-bond donors (Lipinski definition) is 0. The molecule has 0 amide bonds. The molecule has 3 aliphatic heterocycles. The number of hydrogen-bond acceptors (Lipinski definition) is 6. The number of carbonyl (C=O) groups is 2. The van der Waals surface area contributed by atoms with Gasteiger partial charge in [0.15, 0.2) is 17.3 Å². The first-order valence-corrected chi connectivity index (χ1v) is 6.96. The lowest BCUT2D eigenvalue weighted by molar-refractivity contribution is -0.134. The van der Waals surface area contributed by atoms with Crippen LogP contribution in [0.15, 0.2) is 35.6 Å². The van der Waals surface area contributed by atoms with E-state index >= 15 is 0 Å². The summed E-state index contributed by atoms with van der Waals surface area (Å²) in [5, 5.41) is 0. The molecule has 0 saturated carbocycles. The predicted octanol–water partition coefficient (Wildman–Crippen LogP) is 1.25. The number of ether oxygens (including phenoxy) is 4. The molecule has 1 aromatic rings. The topological polar surface area (TPSA) is 71.1 Å². The standard InChI is InChI=1S/C16H10O6/c17-10-2-1-7-15-9(5-19-16(7)14(10)18)8-3-12-13(21-6-20-12)4-11(8)22-15/h1-4,9,15H,5-6H2/t9-,15-/m1/s1. The third kappa shape index (κ3) is 1.39. The van der Waals surface area contributed by atoms with Gasteiger partial charge in [0.25, 0.3) is 5.78 Å². The second-order valence-corrected chi connectivity index (χ2v) is 5.51. The Morgan fingerprint density at radius 3 is 2.64 bits per heavy atom. The Balaban J connectivity index is 1.60. The SMILES string of the molecule is O=C1C=CC2=C(OC[C@@H]3c4cc5c(cc4O[C@H]23)OCO5)C1=O. The van der Waals surface area contributed by atoms with Crippen molar-refractivity contribution < 1.29 is 28.5 Å². The molecule has 6 heteroatoms. The number of fused-ring (bicyclic) bond motifs is 5. The van der Waals surface area contributed by atoms with Crippen molar-refractivity contribution in [3.8, 4) is 17.2 Å². The highest BCUT2D eigenvalue weighted by molar-refractivity contribution is 6.47. The maximum absolute atomic E-state index is 11.9. The molecule has 0 bridgehead atoms. The van der Waals surface area contributed by atoms with Crippen LogP contribution < -0.4 is 14.2 Å². The Hall–Kier alpha value is -2.76. The third-order valence-electron chi connectivity index (χ3n) is 4.34. The van der Waals surface area contributed by atoms with E-state index in [0.29, 0.717) is 29.4 Å². The molecular weight excluding hydrogens is 288 g/mol. The first-order valence-electron chi connectivity index (χ1n) is 6.96. The molecular formula is C16H10O6. The van der Waals surface area contributed by atoms with Gasteiger partial charge < -0.3 is 18.9 Å². The summed E-state index contributed by atoms with van der Waals surface area (Å²) in [5.74, 6) is 0.953. The zero-order valence-corrected chi connectivity index (χ0v) is 11.3. The Kier molecular flexibility index (Phi) is 2.11. The minimum atomic E-state index is -0.607. The van der Waals surface area contributed by atoms with Crippen LogP contribution in [0.1, 0.15) is 11.5 Å². The summed E-state index contributed by atoms with van der Waals surface area (Å²) in [6.45, 7) is 0.500. The fraction of sp³-hybridized carbons (Fsp3) is 0.250. The third-order valence-corrected chi connectivity index (χ3v) is 4.34. The van der Waals surface area contributed by atoms with Crippen molar-refractivity contribution in [1.82, 2.24) is 0 Å². The molecule has 1 aromatic carbocycles. The van der Waals surface area contributed by atoms with E-state index in [2.05, 4.69) is 0 Å². The van der Waals surface area contributed by atoms with Crippen molar-refractivity contribution in [2.24, 2.45) is 0 Å². The maximum atomic E-state index is 11.9. The fourth-order valence-electron chi connectivity index (χ4n) is 3.28. The molecule has 6 nitrogen and oxygen atoms in total. The second-order valence-electron chi connectivity index (χ2n) is 5.51. The summed E-state index contributed by atoms with van der Waals surface area (Å²) in [5.41, 5.74) is 1.59. The lowest BCUT2D eigenvalue weighted by Crippen LogP contribution is -2.35. The number of rotatable bonds is 0. The fourth-order valence-corrected chi connectivity index (χ4v) is 3.28. The van der Waals surface area contributed by atoms with E-state index in [1.807, 2.05) is 6.07 Å². The summed E-state index contributed by atoms with van der Waals surface area (Å²) < 4.78 is 22.3. The van der Waals surface area contributed by atoms with Crippen LogP contribution in [0.5, 0.6) is 17.2 Å². The van der Waals surface area contributed by atoms with Crippen molar-refractivity contribution >= 4 is 11.6 Å². The Bertz CT molecular complexity index is 803. The van der Waals surface area contributed by atoms with Crippen molar-refractivity contribution in [2.45, 2.75) is 12.0 Å². The largest absolute Gasteiger partial charge is 0.488 e. The van der Waals surface area contributed by atoms with Crippen molar-refractivity contribution in [3.63, 3.8) is 0 Å². The van der Waals surface area contributed by atoms with Gasteiger partial charge in [0.05, 0.1) is 12.5 Å². The normalized spacial score (nSPS) is 27.1. The zero-order chi connectivity index (χ0) is 14.8. The van der Waals surface area contributed by atoms with Crippen molar-refractivity contribution in [1.29, 1.82) is 0 Å². The van der Waals surface area contributed by atoms with E-state index < -0.39 is 11.6 Å². The van der Waals surface area contributed by atoms with E-state index in [0.717, 1.165) is 5.56 Å². The molecule has 0 fully saturated rings. The summed E-state index contributed by atoms with van der Waals surface area (Å²) in [6, 6.07) is 3.70. The van der Waals surface area contributed by atoms with Gasteiger partial charge in [-0.05, 0) is 18.2 Å². The molecule has 1 aliphatic carbocycles. The van der Waals surface area contributed by atoms with E-state index in [1.165, 1.54) is 6.08 Å². The van der Waals surface area contributed by atoms with Crippen LogP contribution in [0.4, 0.5) is 0 Å². The number of benzene rings is 1. The van der Waals surface area contributed by atoms with Gasteiger partial charge >= 0.3 is 0 Å². The molecule has 3 heterocycles. The molecule has 0 aromatic heterocycles. The molecule has 2 atom stereocenters. The van der Waals surface area contributed by atoms with Crippen LogP contribution in [0.3, 0.4) is 0 Å². The molecule has 0 N–H and O–H groups in total. The summed E-state index contributed by atoms with van der Waals surface area (Å²) in [7, 11) is 0. The highest BCUT2D eigenvalue weighted by Crippen LogP contribution is 2.50. The number of ketones is 2. The van der Waals surface area contributed by atoms with E-state index in [9.17, 15) is 9.59 Å². The lowest BCUT2D eigenvalue weighted by atomic mass is 9.86. The molecule has 0 unspecified atom stereocenters. The molecule has 0 spiro atoms. The Morgan fingerprint density at radius 2 is 1.77 bits per heavy atom. The van der Waals surface area contributed by atoms with Gasteiger partial charge in [-0.3, -0.25) is 9.59 Å². The highest BCUT2D eigenvalue weighted by Gasteiger charge is 2.45. The van der Waals surface area contributed by atoms with Gasteiger partial charge in [-0.15, -0.1) is 0 Å². The van der Waals surface area contributed by atoms with Gasteiger partial charge in [-0.2, -0.15) is 0 Å². The quantitative estimate of drug-likeness (QED) is 0.530. The first-order chi connectivity index (χ1) is 10.7. The number of allylic oxidation sites excluding steroid dienone is 2. The molecule has 0 saturated heterocycles. The van der Waals surface area contributed by atoms with Gasteiger partial charge in [-0.25, -0.2) is 0 Å². The van der Waals surface area contributed by atoms with Gasteiger partial charge in [-0.1, -0.05) is 0 Å². The average molecular weight is 298 g/mol. The minimum Gasteiger partial charge on any atom is -0.488 e. The summed E-state index contributed by atoms with van der Waals surface area (Å²) in [4.78, 5) is 23.4. The van der Waals surface area contributed by atoms with Gasteiger partial charge in [0.2, 0.25) is 12.6 Å². The number of Topliss-reactive ketones (excluding diaryl/α,β-unsaturated/α-hetero) is 1. The zero-order valence-electron chi connectivity index (χ0n) is 11.3. The predicted molar refractivity (Wildman–Crippen MR) is 71.9 cm³/mol. The Labute approximate surface area is 124 Å². The highest BCUT2D eigenvalue weighted by atomic mass is 16.7. The summed E-state index contributed by atoms with van der Waals surface area (Å²) in [6.07, 6.45) is 2.56. The van der Waals surface area contributed by atoms with Crippen LogP contribution in [0.2, 0.25) is 0 Å². The van der Waals surface area contributed by atoms with Crippen LogP contribution in [-0.4, -0.2) is 31.1 Å². The summed E-state index contributed by atoms with van der Waals surface area (Å²) >= 11 is 0. The molecule has 0 radical (unpaired) electrons.